The van der Waals surface area contributed by atoms with E-state index in [2.05, 4.69) is 23.5 Å². The van der Waals surface area contributed by atoms with Crippen LogP contribution in [0.2, 0.25) is 0 Å². The molecule has 0 amide bonds. The summed E-state index contributed by atoms with van der Waals surface area (Å²) in [6, 6.07) is 11.9. The first kappa shape index (κ1) is 22.4. The van der Waals surface area contributed by atoms with Gasteiger partial charge in [-0.2, -0.15) is 0 Å². The molecular formula is C25H28N4O. The second kappa shape index (κ2) is 11.9. The first-order valence-electron chi connectivity index (χ1n) is 9.58. The molecule has 5 nitrogen and oxygen atoms in total. The molecule has 0 saturated heterocycles. The second-order valence-corrected chi connectivity index (χ2v) is 6.53. The molecule has 154 valence electrons. The largest absolute Gasteiger partial charge is 0.487 e. The van der Waals surface area contributed by atoms with Crippen LogP contribution in [-0.4, -0.2) is 10.7 Å². The van der Waals surface area contributed by atoms with Gasteiger partial charge in [0.15, 0.2) is 0 Å². The molecule has 2 aromatic rings. The highest BCUT2D eigenvalue weighted by atomic mass is 16.5. The van der Waals surface area contributed by atoms with Crippen molar-refractivity contribution in [1.82, 2.24) is 10.3 Å². The molecule has 2 rings (SSSR count). The molecule has 0 fully saturated rings. The highest BCUT2D eigenvalue weighted by molar-refractivity contribution is 5.98. The van der Waals surface area contributed by atoms with Crippen molar-refractivity contribution in [3.05, 3.63) is 115 Å². The Morgan fingerprint density at radius 1 is 1.23 bits per heavy atom. The second-order valence-electron chi connectivity index (χ2n) is 6.53. The van der Waals surface area contributed by atoms with E-state index < -0.39 is 0 Å². The van der Waals surface area contributed by atoms with E-state index in [1.54, 1.807) is 30.7 Å². The summed E-state index contributed by atoms with van der Waals surface area (Å²) in [7, 11) is 0. The van der Waals surface area contributed by atoms with Crippen LogP contribution < -0.4 is 15.8 Å². The van der Waals surface area contributed by atoms with Crippen molar-refractivity contribution in [2.45, 2.75) is 20.0 Å². The molecule has 0 unspecified atom stereocenters. The van der Waals surface area contributed by atoms with E-state index in [9.17, 15) is 0 Å². The van der Waals surface area contributed by atoms with Crippen LogP contribution in [0.15, 0.2) is 104 Å². The van der Waals surface area contributed by atoms with Gasteiger partial charge >= 0.3 is 0 Å². The lowest BCUT2D eigenvalue weighted by Gasteiger charge is -2.09. The van der Waals surface area contributed by atoms with Gasteiger partial charge < -0.3 is 21.2 Å². The minimum absolute atomic E-state index is 0.294. The number of nitrogens with two attached hydrogens (primary N) is 1. The summed E-state index contributed by atoms with van der Waals surface area (Å²) in [6.07, 6.45) is 12.7. The zero-order valence-corrected chi connectivity index (χ0v) is 17.3. The zero-order valence-electron chi connectivity index (χ0n) is 17.3. The molecule has 0 spiro atoms. The maximum Gasteiger partial charge on any atom is 0.138 e. The predicted molar refractivity (Wildman–Crippen MR) is 125 cm³/mol. The van der Waals surface area contributed by atoms with Gasteiger partial charge in [-0.25, -0.2) is 0 Å². The summed E-state index contributed by atoms with van der Waals surface area (Å²) in [4.78, 5) is 4.27. The van der Waals surface area contributed by atoms with E-state index in [-0.39, 0.29) is 0 Å². The van der Waals surface area contributed by atoms with Crippen molar-refractivity contribution in [3.63, 3.8) is 0 Å². The highest BCUT2D eigenvalue weighted by Gasteiger charge is 2.04. The fourth-order valence-corrected chi connectivity index (χ4v) is 2.52. The molecule has 1 aromatic carbocycles. The fourth-order valence-electron chi connectivity index (χ4n) is 2.52. The highest BCUT2D eigenvalue weighted by Crippen LogP contribution is 2.21. The Balaban J connectivity index is 2.06. The predicted octanol–water partition coefficient (Wildman–Crippen LogP) is 5.12. The van der Waals surface area contributed by atoms with Crippen LogP contribution >= 0.6 is 0 Å². The van der Waals surface area contributed by atoms with Crippen LogP contribution in [0.25, 0.3) is 5.57 Å². The maximum absolute atomic E-state index is 8.06. The Morgan fingerprint density at radius 2 is 2.00 bits per heavy atom. The van der Waals surface area contributed by atoms with Crippen LogP contribution in [0, 0.1) is 5.41 Å². The number of ether oxygens (including phenoxy) is 1. The number of hydrogen-bond acceptors (Lipinski definition) is 5. The molecule has 0 aliphatic carbocycles. The van der Waals surface area contributed by atoms with Crippen molar-refractivity contribution >= 4 is 11.3 Å². The quantitative estimate of drug-likeness (QED) is 0.361. The Bertz CT molecular complexity index is 972. The minimum atomic E-state index is 0.294. The van der Waals surface area contributed by atoms with Crippen LogP contribution in [0.1, 0.15) is 24.5 Å². The zero-order chi connectivity index (χ0) is 21.8. The van der Waals surface area contributed by atoms with E-state index in [4.69, 9.17) is 15.9 Å². The normalized spacial score (nSPS) is 11.9. The van der Waals surface area contributed by atoms with Crippen LogP contribution in [0.5, 0.6) is 5.75 Å². The third kappa shape index (κ3) is 7.28. The number of benzene rings is 1. The summed E-state index contributed by atoms with van der Waals surface area (Å²) >= 11 is 0. The molecule has 0 radical (unpaired) electrons. The molecular weight excluding hydrogens is 372 g/mol. The number of nitrogens with zero attached hydrogens (tertiary/aromatic N) is 1. The SMILES string of the molecule is C=C/C(=C\C=C(\N)CC(=N)C(=C)N/C=C\C)c1cncc(OCc2ccccc2)c1. The van der Waals surface area contributed by atoms with Crippen LogP contribution in [0.4, 0.5) is 0 Å². The van der Waals surface area contributed by atoms with Gasteiger partial charge in [-0.3, -0.25) is 4.98 Å². The number of aromatic nitrogens is 1. The van der Waals surface area contributed by atoms with Crippen LogP contribution in [0.3, 0.4) is 0 Å². The molecule has 0 atom stereocenters. The topological polar surface area (TPSA) is 84.0 Å². The maximum atomic E-state index is 8.06. The molecule has 1 aromatic heterocycles. The Hall–Kier alpha value is -3.86. The van der Waals surface area contributed by atoms with E-state index in [1.807, 2.05) is 55.5 Å². The molecule has 5 heteroatoms. The van der Waals surface area contributed by atoms with Gasteiger partial charge in [0.05, 0.1) is 17.6 Å². The lowest BCUT2D eigenvalue weighted by molar-refractivity contribution is 0.305. The molecule has 0 bridgehead atoms. The van der Waals surface area contributed by atoms with Crippen molar-refractivity contribution in [2.24, 2.45) is 5.73 Å². The lowest BCUT2D eigenvalue weighted by atomic mass is 10.1. The van der Waals surface area contributed by atoms with Crippen molar-refractivity contribution in [3.8, 4) is 5.75 Å². The molecule has 0 aliphatic rings. The summed E-state index contributed by atoms with van der Waals surface area (Å²) in [6.45, 7) is 10.1. The smallest absolute Gasteiger partial charge is 0.138 e. The van der Waals surface area contributed by atoms with E-state index in [0.29, 0.717) is 35.9 Å². The number of rotatable bonds is 11. The minimum Gasteiger partial charge on any atom is -0.487 e. The van der Waals surface area contributed by atoms with Gasteiger partial charge in [0.2, 0.25) is 0 Å². The van der Waals surface area contributed by atoms with Crippen LogP contribution in [-0.2, 0) is 6.61 Å². The van der Waals surface area contributed by atoms with Crippen molar-refractivity contribution < 1.29 is 4.74 Å². The molecule has 4 N–H and O–H groups in total. The summed E-state index contributed by atoms with van der Waals surface area (Å²) < 4.78 is 5.85. The molecule has 30 heavy (non-hydrogen) atoms. The monoisotopic (exact) mass is 400 g/mol. The lowest BCUT2D eigenvalue weighted by Crippen LogP contribution is -2.15. The van der Waals surface area contributed by atoms with Gasteiger partial charge in [-0.05, 0) is 36.4 Å². The number of hydrogen-bond donors (Lipinski definition) is 3. The van der Waals surface area contributed by atoms with Gasteiger partial charge in [0.25, 0.3) is 0 Å². The third-order valence-electron chi connectivity index (χ3n) is 4.16. The van der Waals surface area contributed by atoms with E-state index in [1.165, 1.54) is 0 Å². The Labute approximate surface area is 178 Å². The van der Waals surface area contributed by atoms with Crippen molar-refractivity contribution in [1.29, 1.82) is 5.41 Å². The standard InChI is InChI=1S/C25H28N4O/c1-4-13-29-19(3)25(27)15-23(26)12-11-21(5-2)22-14-24(17-28-16-22)30-18-20-9-7-6-8-10-20/h4-14,16-17,27,29H,2-3,15,18,26H2,1H3/b13-4-,21-11+,23-12+,27-25?. The fraction of sp³-hybridized carbons (Fsp3) is 0.120. The van der Waals surface area contributed by atoms with E-state index >= 15 is 0 Å². The summed E-state index contributed by atoms with van der Waals surface area (Å²) in [5, 5.41) is 11.0. The van der Waals surface area contributed by atoms with Crippen molar-refractivity contribution in [2.75, 3.05) is 0 Å². The molecule has 1 heterocycles. The van der Waals surface area contributed by atoms with Gasteiger partial charge in [-0.15, -0.1) is 0 Å². The average Bonchev–Trinajstić information content (AvgIpc) is 2.77. The van der Waals surface area contributed by atoms with Gasteiger partial charge in [0, 0.05) is 23.9 Å². The first-order valence-corrected chi connectivity index (χ1v) is 9.58. The summed E-state index contributed by atoms with van der Waals surface area (Å²) in [5.41, 5.74) is 10.3. The van der Waals surface area contributed by atoms with E-state index in [0.717, 1.165) is 16.7 Å². The molecule has 0 aliphatic heterocycles. The Kier molecular flexibility index (Phi) is 8.87. The van der Waals surface area contributed by atoms with Gasteiger partial charge in [-0.1, -0.05) is 61.7 Å². The molecule has 0 saturated carbocycles. The number of pyridine rings is 1. The average molecular weight is 401 g/mol. The first-order chi connectivity index (χ1) is 14.5. The Morgan fingerprint density at radius 3 is 2.70 bits per heavy atom. The van der Waals surface area contributed by atoms with Gasteiger partial charge in [0.1, 0.15) is 12.4 Å². The number of nitrogens with one attached hydrogen (secondary N) is 2. The number of allylic oxidation sites excluding steroid dienone is 7. The summed E-state index contributed by atoms with van der Waals surface area (Å²) in [5.74, 6) is 0.675. The third-order valence-corrected chi connectivity index (χ3v) is 4.16.